The first-order chi connectivity index (χ1) is 9.70. The topological polar surface area (TPSA) is 109 Å². The van der Waals surface area contributed by atoms with Gasteiger partial charge in [-0.25, -0.2) is 4.98 Å². The van der Waals surface area contributed by atoms with Gasteiger partial charge in [-0.1, -0.05) is 0 Å². The fraction of sp³-hybridized carbons (Fsp3) is 0.667. The van der Waals surface area contributed by atoms with Gasteiger partial charge in [0.15, 0.2) is 0 Å². The standard InChI is InChI=1S/C12H20N4O4/c1-19-7-11(17)16-4-9-12(18)8(6-20-9)15-5-10-13-2-3-14-10/h2-3,8-9,12,15,18H,4-7H2,1H3,(H,13,14)(H,16,17). The summed E-state index contributed by atoms with van der Waals surface area (Å²) in [4.78, 5) is 18.3. The fourth-order valence-corrected chi connectivity index (χ4v) is 2.06. The first kappa shape index (κ1) is 14.9. The maximum Gasteiger partial charge on any atom is 0.246 e. The average Bonchev–Trinajstić information content (AvgIpc) is 3.05. The van der Waals surface area contributed by atoms with Crippen LogP contribution in [-0.2, 0) is 20.8 Å². The number of carbonyl (C=O) groups is 1. The van der Waals surface area contributed by atoms with Gasteiger partial charge < -0.3 is 30.2 Å². The molecule has 112 valence electrons. The van der Waals surface area contributed by atoms with Crippen LogP contribution in [0, 0.1) is 0 Å². The molecule has 1 aromatic heterocycles. The molecule has 0 bridgehead atoms. The first-order valence-corrected chi connectivity index (χ1v) is 6.47. The highest BCUT2D eigenvalue weighted by Gasteiger charge is 2.35. The third-order valence-corrected chi connectivity index (χ3v) is 3.15. The van der Waals surface area contributed by atoms with Crippen LogP contribution >= 0.6 is 0 Å². The number of aliphatic hydroxyl groups is 1. The van der Waals surface area contributed by atoms with Crippen LogP contribution in [0.2, 0.25) is 0 Å². The van der Waals surface area contributed by atoms with Crippen molar-refractivity contribution in [2.45, 2.75) is 24.8 Å². The number of aliphatic hydroxyl groups excluding tert-OH is 1. The average molecular weight is 284 g/mol. The number of carbonyl (C=O) groups excluding carboxylic acids is 1. The van der Waals surface area contributed by atoms with Gasteiger partial charge in [-0.3, -0.25) is 4.79 Å². The van der Waals surface area contributed by atoms with Gasteiger partial charge in [-0.15, -0.1) is 0 Å². The van der Waals surface area contributed by atoms with E-state index >= 15 is 0 Å². The summed E-state index contributed by atoms with van der Waals surface area (Å²) < 4.78 is 10.2. The molecule has 1 aromatic rings. The van der Waals surface area contributed by atoms with Gasteiger partial charge in [-0.05, 0) is 0 Å². The van der Waals surface area contributed by atoms with Gasteiger partial charge in [0, 0.05) is 26.0 Å². The van der Waals surface area contributed by atoms with E-state index in [0.29, 0.717) is 13.2 Å². The maximum absolute atomic E-state index is 11.3. The molecule has 0 aliphatic carbocycles. The number of hydrogen-bond acceptors (Lipinski definition) is 6. The van der Waals surface area contributed by atoms with Gasteiger partial charge in [0.05, 0.1) is 25.3 Å². The zero-order chi connectivity index (χ0) is 14.4. The smallest absolute Gasteiger partial charge is 0.246 e. The lowest BCUT2D eigenvalue weighted by molar-refractivity contribution is -0.125. The maximum atomic E-state index is 11.3. The van der Waals surface area contributed by atoms with Crippen LogP contribution in [0.1, 0.15) is 5.82 Å². The van der Waals surface area contributed by atoms with Crippen LogP contribution < -0.4 is 10.6 Å². The van der Waals surface area contributed by atoms with Crippen LogP contribution in [0.15, 0.2) is 12.4 Å². The number of nitrogens with zero attached hydrogens (tertiary/aromatic N) is 1. The molecule has 1 aliphatic heterocycles. The van der Waals surface area contributed by atoms with Gasteiger partial charge in [0.25, 0.3) is 0 Å². The Balaban J connectivity index is 1.71. The number of H-pyrrole nitrogens is 1. The van der Waals surface area contributed by atoms with Crippen molar-refractivity contribution in [2.75, 3.05) is 26.9 Å². The van der Waals surface area contributed by atoms with Crippen molar-refractivity contribution < 1.29 is 19.4 Å². The number of rotatable bonds is 7. The molecule has 3 atom stereocenters. The predicted octanol–water partition coefficient (Wildman–Crippen LogP) is -1.61. The van der Waals surface area contributed by atoms with Crippen LogP contribution in [0.5, 0.6) is 0 Å². The van der Waals surface area contributed by atoms with E-state index in [1.165, 1.54) is 7.11 Å². The van der Waals surface area contributed by atoms with Crippen molar-refractivity contribution in [3.8, 4) is 0 Å². The van der Waals surface area contributed by atoms with E-state index < -0.39 is 12.2 Å². The number of amides is 1. The van der Waals surface area contributed by atoms with E-state index in [1.54, 1.807) is 12.4 Å². The SMILES string of the molecule is COCC(=O)NCC1OCC(NCc2ncc[nH]2)C1O. The second kappa shape index (κ2) is 7.34. The molecule has 0 radical (unpaired) electrons. The second-order valence-corrected chi connectivity index (χ2v) is 4.62. The van der Waals surface area contributed by atoms with Gasteiger partial charge in [0.1, 0.15) is 18.5 Å². The quantitative estimate of drug-likeness (QED) is 0.480. The molecule has 0 saturated carbocycles. The third kappa shape index (κ3) is 4.01. The van der Waals surface area contributed by atoms with Gasteiger partial charge in [-0.2, -0.15) is 0 Å². The molecule has 8 nitrogen and oxygen atoms in total. The minimum absolute atomic E-state index is 0.00296. The summed E-state index contributed by atoms with van der Waals surface area (Å²) in [6.45, 7) is 1.19. The van der Waals surface area contributed by atoms with Crippen molar-refractivity contribution in [1.82, 2.24) is 20.6 Å². The van der Waals surface area contributed by atoms with Crippen molar-refractivity contribution in [3.63, 3.8) is 0 Å². The lowest BCUT2D eigenvalue weighted by Gasteiger charge is -2.18. The number of methoxy groups -OCH3 is 1. The first-order valence-electron chi connectivity index (χ1n) is 6.47. The number of hydrogen-bond donors (Lipinski definition) is 4. The molecular formula is C12H20N4O4. The van der Waals surface area contributed by atoms with Crippen LogP contribution in [-0.4, -0.2) is 66.1 Å². The van der Waals surface area contributed by atoms with E-state index in [4.69, 9.17) is 9.47 Å². The lowest BCUT2D eigenvalue weighted by Crippen LogP contribution is -2.45. The second-order valence-electron chi connectivity index (χ2n) is 4.62. The third-order valence-electron chi connectivity index (χ3n) is 3.15. The van der Waals surface area contributed by atoms with E-state index in [1.807, 2.05) is 0 Å². The normalized spacial score (nSPS) is 25.8. The molecule has 0 aromatic carbocycles. The Bertz CT molecular complexity index is 412. The van der Waals surface area contributed by atoms with Gasteiger partial charge in [0.2, 0.25) is 5.91 Å². The van der Waals surface area contributed by atoms with E-state index in [-0.39, 0.29) is 25.1 Å². The number of ether oxygens (including phenoxy) is 2. The van der Waals surface area contributed by atoms with E-state index in [9.17, 15) is 9.90 Å². The molecule has 20 heavy (non-hydrogen) atoms. The lowest BCUT2D eigenvalue weighted by atomic mass is 10.1. The van der Waals surface area contributed by atoms with Gasteiger partial charge >= 0.3 is 0 Å². The van der Waals surface area contributed by atoms with Crippen LogP contribution in [0.25, 0.3) is 0 Å². The Kier molecular flexibility index (Phi) is 5.48. The molecule has 1 saturated heterocycles. The van der Waals surface area contributed by atoms with Crippen molar-refractivity contribution in [3.05, 3.63) is 18.2 Å². The number of aromatic nitrogens is 2. The Labute approximate surface area is 116 Å². The largest absolute Gasteiger partial charge is 0.389 e. The van der Waals surface area contributed by atoms with E-state index in [2.05, 4.69) is 20.6 Å². The highest BCUT2D eigenvalue weighted by Crippen LogP contribution is 2.14. The number of imidazole rings is 1. The molecule has 8 heteroatoms. The monoisotopic (exact) mass is 284 g/mol. The molecular weight excluding hydrogens is 264 g/mol. The molecule has 2 heterocycles. The highest BCUT2D eigenvalue weighted by molar-refractivity contribution is 5.77. The summed E-state index contributed by atoms with van der Waals surface area (Å²) in [6.07, 6.45) is 2.33. The Morgan fingerprint density at radius 2 is 2.55 bits per heavy atom. The zero-order valence-corrected chi connectivity index (χ0v) is 11.3. The Hall–Kier alpha value is -1.48. The summed E-state index contributed by atoms with van der Waals surface area (Å²) in [5, 5.41) is 15.9. The van der Waals surface area contributed by atoms with E-state index in [0.717, 1.165) is 5.82 Å². The molecule has 3 unspecified atom stereocenters. The summed E-state index contributed by atoms with van der Waals surface area (Å²) in [7, 11) is 1.45. The zero-order valence-electron chi connectivity index (χ0n) is 11.3. The predicted molar refractivity (Wildman–Crippen MR) is 69.8 cm³/mol. The van der Waals surface area contributed by atoms with Crippen LogP contribution in [0.3, 0.4) is 0 Å². The Morgan fingerprint density at radius 1 is 1.70 bits per heavy atom. The highest BCUT2D eigenvalue weighted by atomic mass is 16.5. The van der Waals surface area contributed by atoms with Crippen molar-refractivity contribution >= 4 is 5.91 Å². The molecule has 1 fully saturated rings. The summed E-state index contributed by atoms with van der Waals surface area (Å²) >= 11 is 0. The van der Waals surface area contributed by atoms with Crippen molar-refractivity contribution in [2.24, 2.45) is 0 Å². The minimum atomic E-state index is -0.673. The molecule has 2 rings (SSSR count). The minimum Gasteiger partial charge on any atom is -0.389 e. The summed E-state index contributed by atoms with van der Waals surface area (Å²) in [5.41, 5.74) is 0. The molecule has 1 amide bonds. The molecule has 1 aliphatic rings. The number of nitrogens with one attached hydrogen (secondary N) is 3. The van der Waals surface area contributed by atoms with Crippen molar-refractivity contribution in [1.29, 1.82) is 0 Å². The number of aromatic amines is 1. The molecule has 4 N–H and O–H groups in total. The fourth-order valence-electron chi connectivity index (χ4n) is 2.06. The summed E-state index contributed by atoms with van der Waals surface area (Å²) in [5.74, 6) is 0.573. The van der Waals surface area contributed by atoms with Crippen LogP contribution in [0.4, 0.5) is 0 Å². The molecule has 0 spiro atoms. The Morgan fingerprint density at radius 3 is 3.25 bits per heavy atom. The summed E-state index contributed by atoms with van der Waals surface area (Å²) in [6, 6.07) is -0.176.